The number of phenolic OH excluding ortho intramolecular Hbond substituents is 1. The van der Waals surface area contributed by atoms with Gasteiger partial charge in [-0.1, -0.05) is 6.07 Å². The van der Waals surface area contributed by atoms with Crippen molar-refractivity contribution >= 4 is 11.9 Å². The maximum absolute atomic E-state index is 11.3. The van der Waals surface area contributed by atoms with Gasteiger partial charge in [-0.25, -0.2) is 4.79 Å². The SMILES string of the molecule is O=C(O)C[C@@H]1OC(=O)c2cc(O)ccc21. The number of ether oxygens (including phenoxy) is 1. The van der Waals surface area contributed by atoms with Gasteiger partial charge in [0.1, 0.15) is 11.9 Å². The number of aliphatic carboxylic acids is 1. The highest BCUT2D eigenvalue weighted by atomic mass is 16.5. The topological polar surface area (TPSA) is 83.8 Å². The molecule has 0 aliphatic carbocycles. The van der Waals surface area contributed by atoms with E-state index in [1.165, 1.54) is 18.2 Å². The lowest BCUT2D eigenvalue weighted by molar-refractivity contribution is -0.139. The summed E-state index contributed by atoms with van der Waals surface area (Å²) in [4.78, 5) is 21.8. The predicted molar refractivity (Wildman–Crippen MR) is 48.5 cm³/mol. The molecule has 0 radical (unpaired) electrons. The summed E-state index contributed by atoms with van der Waals surface area (Å²) in [6, 6.07) is 4.18. The molecule has 1 atom stereocenters. The fraction of sp³-hybridized carbons (Fsp3) is 0.200. The van der Waals surface area contributed by atoms with Crippen molar-refractivity contribution in [2.45, 2.75) is 12.5 Å². The van der Waals surface area contributed by atoms with E-state index in [0.717, 1.165) is 0 Å². The van der Waals surface area contributed by atoms with Gasteiger partial charge in [0.25, 0.3) is 0 Å². The molecule has 1 heterocycles. The van der Waals surface area contributed by atoms with Gasteiger partial charge >= 0.3 is 11.9 Å². The van der Waals surface area contributed by atoms with Gasteiger partial charge in [-0.15, -0.1) is 0 Å². The molecule has 1 aliphatic heterocycles. The number of benzene rings is 1. The average molecular weight is 208 g/mol. The van der Waals surface area contributed by atoms with Crippen molar-refractivity contribution in [2.75, 3.05) is 0 Å². The molecule has 1 aromatic rings. The highest BCUT2D eigenvalue weighted by molar-refractivity contribution is 5.95. The fourth-order valence-electron chi connectivity index (χ4n) is 1.57. The van der Waals surface area contributed by atoms with Crippen molar-refractivity contribution in [2.24, 2.45) is 0 Å². The number of carboxylic acids is 1. The van der Waals surface area contributed by atoms with Gasteiger partial charge in [0.2, 0.25) is 0 Å². The normalized spacial score (nSPS) is 18.4. The van der Waals surface area contributed by atoms with E-state index in [2.05, 4.69) is 0 Å². The molecule has 2 rings (SSSR count). The number of carbonyl (C=O) groups is 2. The predicted octanol–water partition coefficient (Wildman–Crippen LogP) is 1.08. The Morgan fingerprint density at radius 2 is 2.20 bits per heavy atom. The number of carbonyl (C=O) groups excluding carboxylic acids is 1. The van der Waals surface area contributed by atoms with Gasteiger partial charge < -0.3 is 14.9 Å². The molecule has 0 unspecified atom stereocenters. The minimum Gasteiger partial charge on any atom is -0.508 e. The molecule has 0 spiro atoms. The van der Waals surface area contributed by atoms with Crippen LogP contribution in [-0.2, 0) is 9.53 Å². The first-order valence-corrected chi connectivity index (χ1v) is 4.33. The standard InChI is InChI=1S/C10H8O5/c11-5-1-2-6-7(3-5)10(14)15-8(6)4-9(12)13/h1-3,8,11H,4H2,(H,12,13)/t8-/m0/s1. The number of esters is 1. The Hall–Kier alpha value is -2.04. The molecule has 78 valence electrons. The van der Waals surface area contributed by atoms with Gasteiger partial charge in [-0.3, -0.25) is 4.79 Å². The molecule has 15 heavy (non-hydrogen) atoms. The van der Waals surface area contributed by atoms with E-state index in [-0.39, 0.29) is 17.7 Å². The van der Waals surface area contributed by atoms with Crippen LogP contribution in [0.25, 0.3) is 0 Å². The van der Waals surface area contributed by atoms with Crippen LogP contribution in [0.2, 0.25) is 0 Å². The number of cyclic esters (lactones) is 1. The van der Waals surface area contributed by atoms with Gasteiger partial charge in [0, 0.05) is 5.56 Å². The third-order valence-corrected chi connectivity index (χ3v) is 2.21. The van der Waals surface area contributed by atoms with Gasteiger partial charge in [-0.2, -0.15) is 0 Å². The molecule has 5 heteroatoms. The Bertz CT molecular complexity index is 437. The fourth-order valence-corrected chi connectivity index (χ4v) is 1.57. The molecule has 0 saturated heterocycles. The van der Waals surface area contributed by atoms with Crippen molar-refractivity contribution in [3.63, 3.8) is 0 Å². The van der Waals surface area contributed by atoms with E-state index < -0.39 is 18.0 Å². The Balaban J connectivity index is 2.38. The monoisotopic (exact) mass is 208 g/mol. The molecule has 1 aromatic carbocycles. The summed E-state index contributed by atoms with van der Waals surface area (Å²) in [6.45, 7) is 0. The van der Waals surface area contributed by atoms with E-state index in [9.17, 15) is 9.59 Å². The van der Waals surface area contributed by atoms with Crippen molar-refractivity contribution in [3.8, 4) is 5.75 Å². The summed E-state index contributed by atoms with van der Waals surface area (Å²) < 4.78 is 4.87. The van der Waals surface area contributed by atoms with Crippen molar-refractivity contribution in [1.82, 2.24) is 0 Å². The number of aromatic hydroxyl groups is 1. The van der Waals surface area contributed by atoms with Crippen LogP contribution in [0, 0.1) is 0 Å². The average Bonchev–Trinajstić information content (AvgIpc) is 2.42. The molecule has 0 amide bonds. The Morgan fingerprint density at radius 3 is 2.87 bits per heavy atom. The van der Waals surface area contributed by atoms with Crippen LogP contribution in [0.3, 0.4) is 0 Å². The van der Waals surface area contributed by atoms with Crippen LogP contribution >= 0.6 is 0 Å². The van der Waals surface area contributed by atoms with Crippen LogP contribution < -0.4 is 0 Å². The van der Waals surface area contributed by atoms with E-state index >= 15 is 0 Å². The lowest BCUT2D eigenvalue weighted by Gasteiger charge is -2.06. The zero-order valence-corrected chi connectivity index (χ0v) is 7.64. The second-order valence-corrected chi connectivity index (χ2v) is 3.26. The van der Waals surface area contributed by atoms with Gasteiger partial charge in [-0.05, 0) is 12.1 Å². The molecule has 0 aromatic heterocycles. The zero-order valence-electron chi connectivity index (χ0n) is 7.64. The number of phenols is 1. The largest absolute Gasteiger partial charge is 0.508 e. The molecule has 0 saturated carbocycles. The molecule has 1 aliphatic rings. The van der Waals surface area contributed by atoms with Crippen molar-refractivity contribution < 1.29 is 24.5 Å². The number of carboxylic acid groups (broad SMARTS) is 1. The molecule has 0 bridgehead atoms. The number of rotatable bonds is 2. The molecule has 5 nitrogen and oxygen atoms in total. The summed E-state index contributed by atoms with van der Waals surface area (Å²) in [6.07, 6.45) is -1.01. The Kier molecular flexibility index (Phi) is 2.07. The summed E-state index contributed by atoms with van der Waals surface area (Å²) in [5.74, 6) is -1.66. The third-order valence-electron chi connectivity index (χ3n) is 2.21. The molecular formula is C10H8O5. The van der Waals surface area contributed by atoms with Gasteiger partial charge in [0.15, 0.2) is 0 Å². The maximum Gasteiger partial charge on any atom is 0.339 e. The zero-order chi connectivity index (χ0) is 11.0. The van der Waals surface area contributed by atoms with Crippen LogP contribution in [0.15, 0.2) is 18.2 Å². The maximum atomic E-state index is 11.3. The van der Waals surface area contributed by atoms with Crippen molar-refractivity contribution in [3.05, 3.63) is 29.3 Å². The Morgan fingerprint density at radius 1 is 1.47 bits per heavy atom. The van der Waals surface area contributed by atoms with Crippen LogP contribution in [0.5, 0.6) is 5.75 Å². The summed E-state index contributed by atoms with van der Waals surface area (Å²) in [5.41, 5.74) is 0.751. The highest BCUT2D eigenvalue weighted by Crippen LogP contribution is 2.34. The minimum absolute atomic E-state index is 0.0401. The summed E-state index contributed by atoms with van der Waals surface area (Å²) >= 11 is 0. The van der Waals surface area contributed by atoms with E-state index in [1.807, 2.05) is 0 Å². The highest BCUT2D eigenvalue weighted by Gasteiger charge is 2.32. The number of hydrogen-bond donors (Lipinski definition) is 2. The van der Waals surface area contributed by atoms with E-state index in [4.69, 9.17) is 14.9 Å². The number of fused-ring (bicyclic) bond motifs is 1. The second-order valence-electron chi connectivity index (χ2n) is 3.26. The summed E-state index contributed by atoms with van der Waals surface area (Å²) in [5, 5.41) is 17.8. The van der Waals surface area contributed by atoms with Crippen LogP contribution in [-0.4, -0.2) is 22.2 Å². The van der Waals surface area contributed by atoms with E-state index in [1.54, 1.807) is 0 Å². The lowest BCUT2D eigenvalue weighted by Crippen LogP contribution is -2.05. The van der Waals surface area contributed by atoms with Crippen LogP contribution in [0.1, 0.15) is 28.4 Å². The minimum atomic E-state index is -1.03. The smallest absolute Gasteiger partial charge is 0.339 e. The quantitative estimate of drug-likeness (QED) is 0.710. The first-order valence-electron chi connectivity index (χ1n) is 4.33. The summed E-state index contributed by atoms with van der Waals surface area (Å²) in [7, 11) is 0. The number of hydrogen-bond acceptors (Lipinski definition) is 4. The molecular weight excluding hydrogens is 200 g/mol. The second kappa shape index (κ2) is 3.27. The lowest BCUT2D eigenvalue weighted by atomic mass is 10.0. The van der Waals surface area contributed by atoms with Gasteiger partial charge in [0.05, 0.1) is 12.0 Å². The molecule has 2 N–H and O–H groups in total. The van der Waals surface area contributed by atoms with E-state index in [0.29, 0.717) is 5.56 Å². The molecule has 0 fully saturated rings. The third kappa shape index (κ3) is 1.63. The first-order chi connectivity index (χ1) is 7.08. The van der Waals surface area contributed by atoms with Crippen molar-refractivity contribution in [1.29, 1.82) is 0 Å². The van der Waals surface area contributed by atoms with Crippen LogP contribution in [0.4, 0.5) is 0 Å². The Labute approximate surface area is 84.9 Å². The first kappa shape index (κ1) is 9.51.